The zero-order valence-corrected chi connectivity index (χ0v) is 13.7. The molecule has 0 bridgehead atoms. The zero-order valence-electron chi connectivity index (χ0n) is 13.7. The van der Waals surface area contributed by atoms with Gasteiger partial charge in [-0.15, -0.1) is 0 Å². The number of aryl methyl sites for hydroxylation is 2. The third kappa shape index (κ3) is 2.43. The molecule has 0 unspecified atom stereocenters. The first kappa shape index (κ1) is 14.8. The van der Waals surface area contributed by atoms with Gasteiger partial charge in [0, 0.05) is 18.9 Å². The summed E-state index contributed by atoms with van der Waals surface area (Å²) in [6.07, 6.45) is 4.69. The van der Waals surface area contributed by atoms with Gasteiger partial charge < -0.3 is 5.32 Å². The Morgan fingerprint density at radius 3 is 2.91 bits per heavy atom. The summed E-state index contributed by atoms with van der Waals surface area (Å²) in [5, 5.41) is 7.44. The molecule has 1 aliphatic rings. The monoisotopic (exact) mass is 297 g/mol. The summed E-state index contributed by atoms with van der Waals surface area (Å²) in [5.41, 5.74) is 5.28. The van der Waals surface area contributed by atoms with Crippen molar-refractivity contribution in [2.75, 3.05) is 5.32 Å². The highest BCUT2D eigenvalue weighted by Gasteiger charge is 2.31. The van der Waals surface area contributed by atoms with Crippen LogP contribution in [0.15, 0.2) is 24.4 Å². The Kier molecular flexibility index (Phi) is 3.55. The van der Waals surface area contributed by atoms with Gasteiger partial charge in [-0.2, -0.15) is 5.10 Å². The van der Waals surface area contributed by atoms with Gasteiger partial charge in [-0.05, 0) is 41.9 Å². The van der Waals surface area contributed by atoms with Gasteiger partial charge in [-0.1, -0.05) is 32.9 Å². The van der Waals surface area contributed by atoms with E-state index in [0.29, 0.717) is 5.56 Å². The number of anilines is 1. The summed E-state index contributed by atoms with van der Waals surface area (Å²) in [6, 6.07) is 6.21. The number of rotatable bonds is 3. The Morgan fingerprint density at radius 1 is 1.41 bits per heavy atom. The van der Waals surface area contributed by atoms with Gasteiger partial charge in [0.15, 0.2) is 0 Å². The quantitative estimate of drug-likeness (QED) is 0.943. The highest BCUT2D eigenvalue weighted by atomic mass is 16.1. The molecule has 2 aromatic rings. The van der Waals surface area contributed by atoms with E-state index in [0.717, 1.165) is 30.6 Å². The van der Waals surface area contributed by atoms with Crippen molar-refractivity contribution in [3.05, 3.63) is 46.8 Å². The average Bonchev–Trinajstić information content (AvgIpc) is 3.00. The van der Waals surface area contributed by atoms with E-state index in [1.165, 1.54) is 11.1 Å². The average molecular weight is 297 g/mol. The van der Waals surface area contributed by atoms with Gasteiger partial charge in [0.25, 0.3) is 5.91 Å². The Bertz CT molecular complexity index is 728. The van der Waals surface area contributed by atoms with Gasteiger partial charge in [-0.25, -0.2) is 0 Å². The standard InChI is InChI=1S/C18H23N3O/c1-5-15-13(11-21(4)20-15)17(22)19-16-8-6-7-14-12(16)9-10-18(14,2)3/h6-8,11H,5,9-10H2,1-4H3,(H,19,22). The number of amides is 1. The second-order valence-electron chi connectivity index (χ2n) is 6.69. The molecule has 0 radical (unpaired) electrons. The third-order valence-corrected chi connectivity index (χ3v) is 4.64. The van der Waals surface area contributed by atoms with E-state index >= 15 is 0 Å². The first-order valence-electron chi connectivity index (χ1n) is 7.88. The van der Waals surface area contributed by atoms with Crippen molar-refractivity contribution >= 4 is 11.6 Å². The highest BCUT2D eigenvalue weighted by Crippen LogP contribution is 2.41. The van der Waals surface area contributed by atoms with Crippen LogP contribution in [0, 0.1) is 0 Å². The molecule has 0 saturated carbocycles. The van der Waals surface area contributed by atoms with Gasteiger partial charge in [0.05, 0.1) is 11.3 Å². The second kappa shape index (κ2) is 5.27. The summed E-state index contributed by atoms with van der Waals surface area (Å²) < 4.78 is 1.70. The fourth-order valence-corrected chi connectivity index (χ4v) is 3.35. The Labute approximate surface area is 131 Å². The minimum absolute atomic E-state index is 0.0666. The van der Waals surface area contributed by atoms with E-state index in [9.17, 15) is 4.79 Å². The van der Waals surface area contributed by atoms with Crippen molar-refractivity contribution in [3.8, 4) is 0 Å². The van der Waals surface area contributed by atoms with Gasteiger partial charge >= 0.3 is 0 Å². The Balaban J connectivity index is 1.91. The first-order valence-corrected chi connectivity index (χ1v) is 7.88. The number of nitrogens with zero attached hydrogens (tertiary/aromatic N) is 2. The van der Waals surface area contributed by atoms with E-state index in [4.69, 9.17) is 0 Å². The van der Waals surface area contributed by atoms with Crippen LogP contribution >= 0.6 is 0 Å². The van der Waals surface area contributed by atoms with Crippen molar-refractivity contribution in [1.82, 2.24) is 9.78 Å². The van der Waals surface area contributed by atoms with Crippen LogP contribution in [0.3, 0.4) is 0 Å². The van der Waals surface area contributed by atoms with Crippen molar-refractivity contribution in [1.29, 1.82) is 0 Å². The van der Waals surface area contributed by atoms with Crippen LogP contribution in [0.5, 0.6) is 0 Å². The number of carbonyl (C=O) groups is 1. The summed E-state index contributed by atoms with van der Waals surface area (Å²) >= 11 is 0. The van der Waals surface area contributed by atoms with Crippen molar-refractivity contribution in [3.63, 3.8) is 0 Å². The molecule has 116 valence electrons. The van der Waals surface area contributed by atoms with Crippen LogP contribution < -0.4 is 5.32 Å². The molecule has 0 fully saturated rings. The number of nitrogens with one attached hydrogen (secondary N) is 1. The molecule has 4 nitrogen and oxygen atoms in total. The van der Waals surface area contributed by atoms with E-state index in [2.05, 4.69) is 30.3 Å². The lowest BCUT2D eigenvalue weighted by Gasteiger charge is -2.19. The SMILES string of the molecule is CCc1nn(C)cc1C(=O)Nc1cccc2c1CCC2(C)C. The first-order chi connectivity index (χ1) is 10.4. The summed E-state index contributed by atoms with van der Waals surface area (Å²) in [4.78, 5) is 12.6. The molecule has 0 atom stereocenters. The maximum Gasteiger partial charge on any atom is 0.259 e. The lowest BCUT2D eigenvalue weighted by atomic mass is 9.86. The summed E-state index contributed by atoms with van der Waals surface area (Å²) in [7, 11) is 1.85. The van der Waals surface area contributed by atoms with Crippen LogP contribution in [-0.2, 0) is 25.3 Å². The molecular weight excluding hydrogens is 274 g/mol. The number of benzene rings is 1. The Morgan fingerprint density at radius 2 is 2.18 bits per heavy atom. The maximum absolute atomic E-state index is 12.6. The van der Waals surface area contributed by atoms with E-state index in [-0.39, 0.29) is 11.3 Å². The second-order valence-corrected chi connectivity index (χ2v) is 6.69. The number of hydrogen-bond donors (Lipinski definition) is 1. The minimum Gasteiger partial charge on any atom is -0.322 e. The van der Waals surface area contributed by atoms with Gasteiger partial charge in [0.1, 0.15) is 0 Å². The molecule has 0 saturated heterocycles. The van der Waals surface area contributed by atoms with E-state index in [1.807, 2.05) is 26.1 Å². The molecule has 1 aromatic carbocycles. The van der Waals surface area contributed by atoms with Gasteiger partial charge in [0.2, 0.25) is 0 Å². The molecule has 1 heterocycles. The molecule has 1 aliphatic carbocycles. The number of fused-ring (bicyclic) bond motifs is 1. The summed E-state index contributed by atoms with van der Waals surface area (Å²) in [6.45, 7) is 6.54. The summed E-state index contributed by atoms with van der Waals surface area (Å²) in [5.74, 6) is -0.0666. The number of carbonyl (C=O) groups excluding carboxylic acids is 1. The van der Waals surface area contributed by atoms with Crippen molar-refractivity contribution < 1.29 is 4.79 Å². The van der Waals surface area contributed by atoms with Crippen LogP contribution in [0.2, 0.25) is 0 Å². The lowest BCUT2D eigenvalue weighted by Crippen LogP contribution is -2.15. The number of hydrogen-bond acceptors (Lipinski definition) is 2. The van der Waals surface area contributed by atoms with Crippen LogP contribution in [0.4, 0.5) is 5.69 Å². The van der Waals surface area contributed by atoms with Crippen molar-refractivity contribution in [2.24, 2.45) is 7.05 Å². The van der Waals surface area contributed by atoms with Gasteiger partial charge in [-0.3, -0.25) is 9.48 Å². The predicted octanol–water partition coefficient (Wildman–Crippen LogP) is 3.46. The van der Waals surface area contributed by atoms with E-state index in [1.54, 1.807) is 10.9 Å². The molecule has 3 rings (SSSR count). The van der Waals surface area contributed by atoms with Crippen molar-refractivity contribution in [2.45, 2.75) is 45.4 Å². The molecule has 1 N–H and O–H groups in total. The highest BCUT2D eigenvalue weighted by molar-refractivity contribution is 6.05. The van der Waals surface area contributed by atoms with Crippen LogP contribution in [0.25, 0.3) is 0 Å². The third-order valence-electron chi connectivity index (χ3n) is 4.64. The van der Waals surface area contributed by atoms with Crippen LogP contribution in [0.1, 0.15) is 54.4 Å². The smallest absolute Gasteiger partial charge is 0.259 e. The predicted molar refractivity (Wildman–Crippen MR) is 88.3 cm³/mol. The topological polar surface area (TPSA) is 46.9 Å². The normalized spacial score (nSPS) is 15.6. The molecule has 0 spiro atoms. The largest absolute Gasteiger partial charge is 0.322 e. The maximum atomic E-state index is 12.6. The fraction of sp³-hybridized carbons (Fsp3) is 0.444. The molecule has 22 heavy (non-hydrogen) atoms. The van der Waals surface area contributed by atoms with E-state index < -0.39 is 0 Å². The fourth-order valence-electron chi connectivity index (χ4n) is 3.35. The lowest BCUT2D eigenvalue weighted by molar-refractivity contribution is 0.102. The zero-order chi connectivity index (χ0) is 15.9. The Hall–Kier alpha value is -2.10. The molecule has 1 amide bonds. The molecular formula is C18H23N3O. The molecule has 1 aromatic heterocycles. The minimum atomic E-state index is -0.0666. The van der Waals surface area contributed by atoms with Crippen LogP contribution in [-0.4, -0.2) is 15.7 Å². The molecule has 0 aliphatic heterocycles. The molecule has 4 heteroatoms. The number of aromatic nitrogens is 2.